The zero-order valence-corrected chi connectivity index (χ0v) is 16.9. The van der Waals surface area contributed by atoms with Crippen molar-refractivity contribution >= 4 is 39.4 Å². The van der Waals surface area contributed by atoms with Gasteiger partial charge in [0, 0.05) is 17.3 Å². The number of benzene rings is 2. The number of urea groups is 1. The van der Waals surface area contributed by atoms with Gasteiger partial charge in [-0.1, -0.05) is 60.8 Å². The van der Waals surface area contributed by atoms with E-state index in [0.717, 1.165) is 23.8 Å². The Balaban J connectivity index is 2.17. The summed E-state index contributed by atoms with van der Waals surface area (Å²) in [6.07, 6.45) is 3.01. The third-order valence-electron chi connectivity index (χ3n) is 3.89. The minimum atomic E-state index is -3.96. The Morgan fingerprint density at radius 2 is 1.81 bits per heavy atom. The number of rotatable bonds is 7. The second-order valence-electron chi connectivity index (χ2n) is 6.12. The molecule has 0 aliphatic heterocycles. The first-order valence-electron chi connectivity index (χ1n) is 8.66. The van der Waals surface area contributed by atoms with Gasteiger partial charge in [-0.05, 0) is 43.2 Å². The van der Waals surface area contributed by atoms with E-state index in [1.807, 2.05) is 26.0 Å². The van der Waals surface area contributed by atoms with Crippen molar-refractivity contribution in [2.24, 2.45) is 0 Å². The second kappa shape index (κ2) is 9.58. The van der Waals surface area contributed by atoms with Crippen LogP contribution < -0.4 is 9.62 Å². The summed E-state index contributed by atoms with van der Waals surface area (Å²) < 4.78 is 26.7. The van der Waals surface area contributed by atoms with Gasteiger partial charge < -0.3 is 0 Å². The number of unbranched alkanes of at least 4 members (excludes halogenated alkanes) is 1. The summed E-state index contributed by atoms with van der Waals surface area (Å²) in [6.45, 7) is 4.38. The first-order chi connectivity index (χ1) is 12.8. The van der Waals surface area contributed by atoms with Crippen LogP contribution >= 0.6 is 11.6 Å². The Labute approximate surface area is 165 Å². The van der Waals surface area contributed by atoms with E-state index >= 15 is 0 Å². The van der Waals surface area contributed by atoms with E-state index in [0.29, 0.717) is 22.8 Å². The lowest BCUT2D eigenvalue weighted by molar-refractivity contribution is 0.251. The van der Waals surface area contributed by atoms with Gasteiger partial charge in [0.05, 0.1) is 5.41 Å². The highest BCUT2D eigenvalue weighted by atomic mass is 35.5. The lowest BCUT2D eigenvalue weighted by Gasteiger charge is -2.22. The van der Waals surface area contributed by atoms with Gasteiger partial charge in [-0.2, -0.15) is 0 Å². The molecular formula is C20H23ClN2O3S. The number of nitrogens with one attached hydrogen (secondary N) is 1. The van der Waals surface area contributed by atoms with Gasteiger partial charge in [0.1, 0.15) is 0 Å². The lowest BCUT2D eigenvalue weighted by Crippen LogP contribution is -2.42. The summed E-state index contributed by atoms with van der Waals surface area (Å²) in [5, 5.41) is 1.37. The Morgan fingerprint density at radius 1 is 1.15 bits per heavy atom. The molecule has 2 amide bonds. The number of hydrogen-bond donors (Lipinski definition) is 1. The average molecular weight is 407 g/mol. The van der Waals surface area contributed by atoms with Gasteiger partial charge in [-0.25, -0.2) is 17.9 Å². The highest BCUT2D eigenvalue weighted by Crippen LogP contribution is 2.18. The van der Waals surface area contributed by atoms with Crippen LogP contribution in [-0.2, 0) is 10.0 Å². The van der Waals surface area contributed by atoms with E-state index < -0.39 is 16.1 Å². The summed E-state index contributed by atoms with van der Waals surface area (Å²) in [6, 6.07) is 13.5. The maximum atomic E-state index is 12.6. The Kier molecular flexibility index (Phi) is 7.45. The van der Waals surface area contributed by atoms with Crippen molar-refractivity contribution in [1.82, 2.24) is 4.72 Å². The van der Waals surface area contributed by atoms with Crippen molar-refractivity contribution in [2.45, 2.75) is 26.7 Å². The summed E-state index contributed by atoms with van der Waals surface area (Å²) in [7, 11) is -3.96. The number of carbonyl (C=O) groups excluding carboxylic acids is 1. The minimum absolute atomic E-state index is 0.426. The SMILES string of the molecule is CCCCN(C(=O)NS(=O)(=O)/C=C/c1ccccc1Cl)c1ccc(C)cc1. The Hall–Kier alpha value is -2.31. The fourth-order valence-electron chi connectivity index (χ4n) is 2.37. The maximum absolute atomic E-state index is 12.6. The number of nitrogens with zero attached hydrogens (tertiary/aromatic N) is 1. The van der Waals surface area contributed by atoms with Crippen molar-refractivity contribution in [3.8, 4) is 0 Å². The van der Waals surface area contributed by atoms with Crippen LogP contribution in [0.15, 0.2) is 53.9 Å². The number of anilines is 1. The minimum Gasteiger partial charge on any atom is -0.294 e. The number of hydrogen-bond acceptors (Lipinski definition) is 3. The third kappa shape index (κ3) is 6.41. The van der Waals surface area contributed by atoms with Crippen LogP contribution in [0.1, 0.15) is 30.9 Å². The van der Waals surface area contributed by atoms with Crippen LogP contribution in [0, 0.1) is 6.92 Å². The van der Waals surface area contributed by atoms with Crippen molar-refractivity contribution in [2.75, 3.05) is 11.4 Å². The van der Waals surface area contributed by atoms with Crippen LogP contribution in [-0.4, -0.2) is 21.0 Å². The zero-order chi connectivity index (χ0) is 19.9. The highest BCUT2D eigenvalue weighted by Gasteiger charge is 2.19. The molecule has 7 heteroatoms. The molecule has 2 aromatic rings. The lowest BCUT2D eigenvalue weighted by atomic mass is 10.2. The fourth-order valence-corrected chi connectivity index (χ4v) is 3.32. The largest absolute Gasteiger partial charge is 0.335 e. The smallest absolute Gasteiger partial charge is 0.294 e. The molecule has 0 saturated heterocycles. The van der Waals surface area contributed by atoms with Crippen molar-refractivity contribution in [3.63, 3.8) is 0 Å². The topological polar surface area (TPSA) is 66.5 Å². The molecule has 2 rings (SSSR count). The van der Waals surface area contributed by atoms with Crippen LogP contribution in [0.2, 0.25) is 5.02 Å². The summed E-state index contributed by atoms with van der Waals surface area (Å²) in [4.78, 5) is 14.0. The molecule has 0 spiro atoms. The van der Waals surface area contributed by atoms with Gasteiger partial charge in [0.15, 0.2) is 0 Å². The zero-order valence-electron chi connectivity index (χ0n) is 15.4. The number of amides is 2. The summed E-state index contributed by atoms with van der Waals surface area (Å²) >= 11 is 6.02. The van der Waals surface area contributed by atoms with Gasteiger partial charge >= 0.3 is 6.03 Å². The Morgan fingerprint density at radius 3 is 2.44 bits per heavy atom. The van der Waals surface area contributed by atoms with Crippen LogP contribution in [0.4, 0.5) is 10.5 Å². The molecule has 0 heterocycles. The van der Waals surface area contributed by atoms with Crippen molar-refractivity contribution < 1.29 is 13.2 Å². The van der Waals surface area contributed by atoms with E-state index in [9.17, 15) is 13.2 Å². The second-order valence-corrected chi connectivity index (χ2v) is 8.09. The maximum Gasteiger partial charge on any atom is 0.335 e. The van der Waals surface area contributed by atoms with Crippen molar-refractivity contribution in [1.29, 1.82) is 0 Å². The van der Waals surface area contributed by atoms with Gasteiger partial charge in [0.25, 0.3) is 10.0 Å². The van der Waals surface area contributed by atoms with E-state index in [1.54, 1.807) is 36.4 Å². The molecule has 144 valence electrons. The van der Waals surface area contributed by atoms with E-state index in [-0.39, 0.29) is 0 Å². The molecule has 0 atom stereocenters. The number of aryl methyl sites for hydroxylation is 1. The normalized spacial score (nSPS) is 11.5. The number of halogens is 1. The molecule has 1 N–H and O–H groups in total. The molecule has 5 nitrogen and oxygen atoms in total. The van der Waals surface area contributed by atoms with E-state index in [1.165, 1.54) is 11.0 Å². The monoisotopic (exact) mass is 406 g/mol. The average Bonchev–Trinajstić information content (AvgIpc) is 2.62. The molecule has 0 bridgehead atoms. The molecule has 0 aliphatic carbocycles. The predicted octanol–water partition coefficient (Wildman–Crippen LogP) is 4.97. The van der Waals surface area contributed by atoms with Crippen LogP contribution in [0.25, 0.3) is 6.08 Å². The Bertz CT molecular complexity index is 909. The van der Waals surface area contributed by atoms with Gasteiger partial charge in [-0.15, -0.1) is 0 Å². The molecule has 0 saturated carbocycles. The third-order valence-corrected chi connectivity index (χ3v) is 5.19. The standard InChI is InChI=1S/C20H23ClN2O3S/c1-3-4-14-23(18-11-9-16(2)10-12-18)20(24)22-27(25,26)15-13-17-7-5-6-8-19(17)21/h5-13,15H,3-4,14H2,1-2H3,(H,22,24)/b15-13+. The summed E-state index contributed by atoms with van der Waals surface area (Å²) in [5.41, 5.74) is 2.26. The van der Waals surface area contributed by atoms with Gasteiger partial charge in [-0.3, -0.25) is 4.90 Å². The number of carbonyl (C=O) groups is 1. The van der Waals surface area contributed by atoms with Crippen LogP contribution in [0.5, 0.6) is 0 Å². The predicted molar refractivity (Wildman–Crippen MR) is 111 cm³/mol. The van der Waals surface area contributed by atoms with Crippen molar-refractivity contribution in [3.05, 3.63) is 70.1 Å². The molecule has 0 radical (unpaired) electrons. The molecule has 2 aromatic carbocycles. The molecule has 0 aliphatic rings. The fraction of sp³-hybridized carbons (Fsp3) is 0.250. The molecule has 27 heavy (non-hydrogen) atoms. The number of sulfonamides is 1. The summed E-state index contributed by atoms with van der Waals surface area (Å²) in [5.74, 6) is 0. The highest BCUT2D eigenvalue weighted by molar-refractivity contribution is 7.93. The van der Waals surface area contributed by atoms with E-state index in [2.05, 4.69) is 4.72 Å². The molecule has 0 aromatic heterocycles. The van der Waals surface area contributed by atoms with E-state index in [4.69, 9.17) is 11.6 Å². The molecular weight excluding hydrogens is 384 g/mol. The quantitative estimate of drug-likeness (QED) is 0.706. The molecule has 0 unspecified atom stereocenters. The van der Waals surface area contributed by atoms with Crippen LogP contribution in [0.3, 0.4) is 0 Å². The van der Waals surface area contributed by atoms with Gasteiger partial charge in [0.2, 0.25) is 0 Å². The molecule has 0 fully saturated rings. The first-order valence-corrected chi connectivity index (χ1v) is 10.6. The first kappa shape index (κ1) is 21.0.